The quantitative estimate of drug-likeness (QED) is 0.926. The van der Waals surface area contributed by atoms with Crippen LogP contribution >= 0.6 is 0 Å². The average Bonchev–Trinajstić information content (AvgIpc) is 2.89. The van der Waals surface area contributed by atoms with E-state index in [0.29, 0.717) is 0 Å². The minimum Gasteiger partial charge on any atom is -0.381 e. The molecule has 2 fully saturated rings. The van der Waals surface area contributed by atoms with E-state index in [2.05, 4.69) is 36.1 Å². The van der Waals surface area contributed by atoms with E-state index in [-0.39, 0.29) is 11.3 Å². The molecule has 4 heteroatoms. The minimum absolute atomic E-state index is 0.129. The lowest BCUT2D eigenvalue weighted by molar-refractivity contribution is -0.147. The zero-order chi connectivity index (χ0) is 17.4. The number of hydrogen-bond donors (Lipinski definition) is 1. The number of aliphatic hydroxyl groups is 1. The van der Waals surface area contributed by atoms with E-state index in [1.807, 2.05) is 4.90 Å². The van der Waals surface area contributed by atoms with Crippen LogP contribution in [0.3, 0.4) is 0 Å². The second-order valence-electron chi connectivity index (χ2n) is 8.34. The van der Waals surface area contributed by atoms with Crippen LogP contribution in [0, 0.1) is 12.3 Å². The number of hydrogen-bond acceptors (Lipinski definition) is 3. The molecule has 4 nitrogen and oxygen atoms in total. The molecule has 1 atom stereocenters. The first-order chi connectivity index (χ1) is 11.3. The van der Waals surface area contributed by atoms with Crippen molar-refractivity contribution in [2.45, 2.75) is 52.2 Å². The fourth-order valence-corrected chi connectivity index (χ4v) is 4.34. The molecule has 2 heterocycles. The van der Waals surface area contributed by atoms with Crippen molar-refractivity contribution < 1.29 is 9.90 Å². The Morgan fingerprint density at radius 3 is 2.75 bits per heavy atom. The number of piperidine rings is 1. The Labute approximate surface area is 145 Å². The van der Waals surface area contributed by atoms with Gasteiger partial charge in [-0.3, -0.25) is 9.69 Å². The summed E-state index contributed by atoms with van der Waals surface area (Å²) in [6.45, 7) is 10.1. The third kappa shape index (κ3) is 3.81. The fourth-order valence-electron chi connectivity index (χ4n) is 4.34. The molecule has 3 rings (SSSR count). The lowest BCUT2D eigenvalue weighted by atomic mass is 9.79. The van der Waals surface area contributed by atoms with E-state index in [1.54, 1.807) is 13.8 Å². The van der Waals surface area contributed by atoms with E-state index < -0.39 is 5.60 Å². The number of benzene rings is 1. The van der Waals surface area contributed by atoms with Gasteiger partial charge in [0.05, 0.1) is 0 Å². The highest BCUT2D eigenvalue weighted by Gasteiger charge is 2.44. The molecule has 2 saturated heterocycles. The highest BCUT2D eigenvalue weighted by molar-refractivity contribution is 5.84. The largest absolute Gasteiger partial charge is 0.381 e. The van der Waals surface area contributed by atoms with Gasteiger partial charge in [-0.15, -0.1) is 0 Å². The molecule has 1 amide bonds. The maximum atomic E-state index is 12.4. The molecule has 2 aliphatic rings. The second-order valence-corrected chi connectivity index (χ2v) is 8.34. The summed E-state index contributed by atoms with van der Waals surface area (Å²) in [5.74, 6) is -0.129. The number of nitrogens with zero attached hydrogens (tertiary/aromatic N) is 2. The second kappa shape index (κ2) is 6.49. The normalized spacial score (nSPS) is 25.4. The third-order valence-corrected chi connectivity index (χ3v) is 5.48. The van der Waals surface area contributed by atoms with E-state index in [9.17, 15) is 9.90 Å². The fraction of sp³-hybridized carbons (Fsp3) is 0.650. The van der Waals surface area contributed by atoms with Gasteiger partial charge in [-0.05, 0) is 52.1 Å². The van der Waals surface area contributed by atoms with E-state index >= 15 is 0 Å². The van der Waals surface area contributed by atoms with Crippen LogP contribution in [0.25, 0.3) is 0 Å². The Morgan fingerprint density at radius 1 is 1.25 bits per heavy atom. The van der Waals surface area contributed by atoms with Gasteiger partial charge in [0.25, 0.3) is 5.91 Å². The highest BCUT2D eigenvalue weighted by Crippen LogP contribution is 2.40. The lowest BCUT2D eigenvalue weighted by Crippen LogP contribution is -2.48. The molecule has 1 aromatic carbocycles. The molecule has 1 spiro atoms. The van der Waals surface area contributed by atoms with Gasteiger partial charge in [-0.25, -0.2) is 0 Å². The molecule has 1 unspecified atom stereocenters. The Balaban J connectivity index is 1.64. The minimum atomic E-state index is -1.26. The molecule has 1 aromatic rings. The van der Waals surface area contributed by atoms with Crippen molar-refractivity contribution in [1.82, 2.24) is 9.80 Å². The molecule has 0 aliphatic carbocycles. The molecule has 2 aliphatic heterocycles. The molecule has 0 saturated carbocycles. The molecule has 1 N–H and O–H groups in total. The Hall–Kier alpha value is -1.39. The summed E-state index contributed by atoms with van der Waals surface area (Å²) < 4.78 is 0. The van der Waals surface area contributed by atoms with Crippen LogP contribution in [0.15, 0.2) is 24.3 Å². The summed E-state index contributed by atoms with van der Waals surface area (Å²) in [6, 6.07) is 8.73. The average molecular weight is 330 g/mol. The predicted octanol–water partition coefficient (Wildman–Crippen LogP) is 2.58. The van der Waals surface area contributed by atoms with Gasteiger partial charge in [0.15, 0.2) is 0 Å². The molecular weight excluding hydrogens is 300 g/mol. The van der Waals surface area contributed by atoms with Crippen LogP contribution in [0.1, 0.15) is 44.2 Å². The van der Waals surface area contributed by atoms with Gasteiger partial charge in [-0.2, -0.15) is 0 Å². The van der Waals surface area contributed by atoms with Crippen LogP contribution in [-0.2, 0) is 11.3 Å². The Kier molecular flexibility index (Phi) is 4.71. The van der Waals surface area contributed by atoms with Crippen LogP contribution in [-0.4, -0.2) is 52.6 Å². The van der Waals surface area contributed by atoms with Crippen molar-refractivity contribution in [2.75, 3.05) is 26.2 Å². The van der Waals surface area contributed by atoms with E-state index in [0.717, 1.165) is 39.1 Å². The molecule has 132 valence electrons. The topological polar surface area (TPSA) is 43.8 Å². The van der Waals surface area contributed by atoms with Gasteiger partial charge in [-0.1, -0.05) is 29.8 Å². The molecule has 0 radical (unpaired) electrons. The van der Waals surface area contributed by atoms with Crippen molar-refractivity contribution in [3.05, 3.63) is 35.4 Å². The summed E-state index contributed by atoms with van der Waals surface area (Å²) in [4.78, 5) is 16.8. The zero-order valence-electron chi connectivity index (χ0n) is 15.2. The number of carbonyl (C=O) groups is 1. The summed E-state index contributed by atoms with van der Waals surface area (Å²) in [5.41, 5.74) is 1.63. The van der Waals surface area contributed by atoms with Gasteiger partial charge < -0.3 is 10.0 Å². The Bertz CT molecular complexity index is 608. The smallest absolute Gasteiger partial charge is 0.253 e. The van der Waals surface area contributed by atoms with Crippen molar-refractivity contribution >= 4 is 5.91 Å². The van der Waals surface area contributed by atoms with Crippen molar-refractivity contribution in [3.63, 3.8) is 0 Å². The lowest BCUT2D eigenvalue weighted by Gasteiger charge is -2.40. The van der Waals surface area contributed by atoms with Gasteiger partial charge >= 0.3 is 0 Å². The Morgan fingerprint density at radius 2 is 2.04 bits per heavy atom. The number of likely N-dealkylation sites (tertiary alicyclic amines) is 2. The molecule has 24 heavy (non-hydrogen) atoms. The van der Waals surface area contributed by atoms with Crippen molar-refractivity contribution in [1.29, 1.82) is 0 Å². The molecule has 0 bridgehead atoms. The maximum absolute atomic E-state index is 12.4. The van der Waals surface area contributed by atoms with E-state index in [1.165, 1.54) is 24.0 Å². The van der Waals surface area contributed by atoms with Crippen LogP contribution in [0.5, 0.6) is 0 Å². The van der Waals surface area contributed by atoms with Crippen LogP contribution < -0.4 is 0 Å². The number of aryl methyl sites for hydroxylation is 1. The first kappa shape index (κ1) is 17.4. The van der Waals surface area contributed by atoms with E-state index in [4.69, 9.17) is 0 Å². The van der Waals surface area contributed by atoms with Crippen LogP contribution in [0.2, 0.25) is 0 Å². The van der Waals surface area contributed by atoms with Crippen molar-refractivity contribution in [3.8, 4) is 0 Å². The zero-order valence-corrected chi connectivity index (χ0v) is 15.2. The highest BCUT2D eigenvalue weighted by atomic mass is 16.3. The summed E-state index contributed by atoms with van der Waals surface area (Å²) >= 11 is 0. The predicted molar refractivity (Wildman–Crippen MR) is 95.6 cm³/mol. The number of rotatable bonds is 3. The maximum Gasteiger partial charge on any atom is 0.253 e. The summed E-state index contributed by atoms with van der Waals surface area (Å²) in [5, 5.41) is 10.0. The molecule has 0 aromatic heterocycles. The van der Waals surface area contributed by atoms with Crippen molar-refractivity contribution in [2.24, 2.45) is 5.41 Å². The standard InChI is InChI=1S/C20H30N2O2/c1-16-6-4-7-17(12-16)13-21-10-5-8-20(14-21)9-11-22(15-20)18(23)19(2,3)24/h4,6-7,12,24H,5,8-11,13-15H2,1-3H3. The third-order valence-electron chi connectivity index (χ3n) is 5.48. The summed E-state index contributed by atoms with van der Waals surface area (Å²) in [6.07, 6.45) is 3.43. The molecular formula is C20H30N2O2. The van der Waals surface area contributed by atoms with Gasteiger partial charge in [0.2, 0.25) is 0 Å². The van der Waals surface area contributed by atoms with Crippen LogP contribution in [0.4, 0.5) is 0 Å². The number of carbonyl (C=O) groups excluding carboxylic acids is 1. The van der Waals surface area contributed by atoms with Gasteiger partial charge in [0, 0.05) is 31.6 Å². The van der Waals surface area contributed by atoms with Gasteiger partial charge in [0.1, 0.15) is 5.60 Å². The first-order valence-corrected chi connectivity index (χ1v) is 9.07. The monoisotopic (exact) mass is 330 g/mol. The first-order valence-electron chi connectivity index (χ1n) is 9.07. The SMILES string of the molecule is Cc1cccc(CN2CCCC3(CCN(C(=O)C(C)(C)O)C3)C2)c1. The summed E-state index contributed by atoms with van der Waals surface area (Å²) in [7, 11) is 0. The number of amides is 1.